The highest BCUT2D eigenvalue weighted by atomic mass is 15.2. The molecule has 2 aliphatic carbocycles. The second-order valence-electron chi connectivity index (χ2n) is 10.1. The zero-order chi connectivity index (χ0) is 20.0. The molecule has 0 spiro atoms. The van der Waals surface area contributed by atoms with E-state index in [1.807, 2.05) is 0 Å². The van der Waals surface area contributed by atoms with Gasteiger partial charge >= 0.3 is 0 Å². The molecule has 1 unspecified atom stereocenters. The summed E-state index contributed by atoms with van der Waals surface area (Å²) >= 11 is 0. The van der Waals surface area contributed by atoms with Gasteiger partial charge in [0.15, 0.2) is 5.69 Å². The number of rotatable bonds is 3. The summed E-state index contributed by atoms with van der Waals surface area (Å²) in [5.74, 6) is 3.00. The van der Waals surface area contributed by atoms with E-state index in [1.165, 1.54) is 81.2 Å². The Morgan fingerprint density at radius 3 is 2.24 bits per heavy atom. The van der Waals surface area contributed by atoms with Crippen LogP contribution in [0.3, 0.4) is 0 Å². The van der Waals surface area contributed by atoms with E-state index in [2.05, 4.69) is 66.4 Å². The van der Waals surface area contributed by atoms with Crippen LogP contribution in [0, 0.1) is 19.8 Å². The SMILES string of the molecule is Cc1ccccc1-n1c(C)c2[n+](c1C1CCCCC1)C=CC2(C)C1CCCCC1. The maximum absolute atomic E-state index is 2.64. The molecule has 1 aromatic heterocycles. The molecule has 0 saturated heterocycles. The van der Waals surface area contributed by atoms with E-state index < -0.39 is 0 Å². The molecule has 154 valence electrons. The summed E-state index contributed by atoms with van der Waals surface area (Å²) in [6, 6.07) is 8.97. The van der Waals surface area contributed by atoms with Crippen LogP contribution >= 0.6 is 0 Å². The molecule has 3 aliphatic rings. The number of fused-ring (bicyclic) bond motifs is 1. The molecule has 5 rings (SSSR count). The number of allylic oxidation sites excluding steroid dienone is 1. The molecule has 1 aromatic carbocycles. The van der Waals surface area contributed by atoms with E-state index in [1.54, 1.807) is 11.5 Å². The summed E-state index contributed by atoms with van der Waals surface area (Å²) in [7, 11) is 0. The molecule has 2 nitrogen and oxygen atoms in total. The van der Waals surface area contributed by atoms with Crippen molar-refractivity contribution in [2.45, 2.75) is 96.3 Å². The second-order valence-corrected chi connectivity index (χ2v) is 10.1. The molecular formula is C27H37N2+. The average molecular weight is 390 g/mol. The van der Waals surface area contributed by atoms with Gasteiger partial charge in [0.1, 0.15) is 11.4 Å². The monoisotopic (exact) mass is 389 g/mol. The third kappa shape index (κ3) is 3.02. The van der Waals surface area contributed by atoms with Gasteiger partial charge in [-0.25, -0.2) is 4.57 Å². The van der Waals surface area contributed by atoms with Gasteiger partial charge in [0.25, 0.3) is 5.82 Å². The number of aryl methyl sites for hydroxylation is 1. The molecule has 0 bridgehead atoms. The molecule has 2 heterocycles. The Morgan fingerprint density at radius 1 is 0.897 bits per heavy atom. The molecule has 2 fully saturated rings. The Kier molecular flexibility index (Phi) is 4.92. The van der Waals surface area contributed by atoms with Crippen molar-refractivity contribution in [1.29, 1.82) is 0 Å². The van der Waals surface area contributed by atoms with Crippen molar-refractivity contribution >= 4 is 6.20 Å². The van der Waals surface area contributed by atoms with Crippen molar-refractivity contribution in [3.05, 3.63) is 53.1 Å². The minimum Gasteiger partial charge on any atom is -0.202 e. The fourth-order valence-corrected chi connectivity index (χ4v) is 6.67. The Morgan fingerprint density at radius 2 is 1.55 bits per heavy atom. The largest absolute Gasteiger partial charge is 0.269 e. The van der Waals surface area contributed by atoms with Gasteiger partial charge in [-0.15, -0.1) is 0 Å². The number of para-hydroxylation sites is 1. The second kappa shape index (κ2) is 7.45. The van der Waals surface area contributed by atoms with E-state index in [4.69, 9.17) is 0 Å². The van der Waals surface area contributed by atoms with Gasteiger partial charge in [0, 0.05) is 6.92 Å². The summed E-state index contributed by atoms with van der Waals surface area (Å²) in [6.45, 7) is 7.18. The number of hydrogen-bond acceptors (Lipinski definition) is 0. The molecule has 0 radical (unpaired) electrons. The average Bonchev–Trinajstić information content (AvgIpc) is 3.26. The lowest BCUT2D eigenvalue weighted by Gasteiger charge is -2.34. The number of imidazole rings is 1. The normalized spacial score (nSPS) is 25.5. The van der Waals surface area contributed by atoms with Gasteiger partial charge in [-0.1, -0.05) is 56.7 Å². The number of benzene rings is 1. The maximum atomic E-state index is 2.64. The third-order valence-electron chi connectivity index (χ3n) is 8.25. The molecule has 2 saturated carbocycles. The van der Waals surface area contributed by atoms with Crippen LogP contribution in [0.4, 0.5) is 0 Å². The number of hydrogen-bond donors (Lipinski definition) is 0. The predicted octanol–water partition coefficient (Wildman–Crippen LogP) is 6.75. The van der Waals surface area contributed by atoms with Crippen LogP contribution in [-0.4, -0.2) is 4.57 Å². The summed E-state index contributed by atoms with van der Waals surface area (Å²) < 4.78 is 5.28. The fourth-order valence-electron chi connectivity index (χ4n) is 6.67. The zero-order valence-corrected chi connectivity index (χ0v) is 18.6. The summed E-state index contributed by atoms with van der Waals surface area (Å²) in [6.07, 6.45) is 18.8. The molecular weight excluding hydrogens is 352 g/mol. The maximum Gasteiger partial charge on any atom is 0.269 e. The lowest BCUT2D eigenvalue weighted by atomic mass is 9.68. The predicted molar refractivity (Wildman–Crippen MR) is 121 cm³/mol. The molecule has 0 amide bonds. The van der Waals surface area contributed by atoms with Crippen molar-refractivity contribution in [3.8, 4) is 5.69 Å². The van der Waals surface area contributed by atoms with Crippen LogP contribution in [0.15, 0.2) is 30.3 Å². The molecule has 0 N–H and O–H groups in total. The van der Waals surface area contributed by atoms with Crippen molar-refractivity contribution in [3.63, 3.8) is 0 Å². The van der Waals surface area contributed by atoms with Gasteiger partial charge in [-0.3, -0.25) is 0 Å². The van der Waals surface area contributed by atoms with E-state index in [9.17, 15) is 0 Å². The smallest absolute Gasteiger partial charge is 0.202 e. The minimum absolute atomic E-state index is 0.182. The quantitative estimate of drug-likeness (QED) is 0.513. The first kappa shape index (κ1) is 19.2. The van der Waals surface area contributed by atoms with Gasteiger partial charge in [-0.2, -0.15) is 4.57 Å². The molecule has 29 heavy (non-hydrogen) atoms. The lowest BCUT2D eigenvalue weighted by molar-refractivity contribution is -0.585. The van der Waals surface area contributed by atoms with E-state index >= 15 is 0 Å². The third-order valence-corrected chi connectivity index (χ3v) is 8.25. The van der Waals surface area contributed by atoms with E-state index in [-0.39, 0.29) is 5.41 Å². The number of aromatic nitrogens is 2. The standard InChI is InChI=1S/C27H37N2/c1-20-12-10-11-17-24(20)29-21(2)25-27(3,23-15-8-5-9-16-23)18-19-28(25)26(29)22-13-6-4-7-14-22/h10-12,17-19,22-23H,4-9,13-16H2,1-3H3/q+1. The van der Waals surface area contributed by atoms with Crippen LogP contribution in [0.25, 0.3) is 11.9 Å². The Bertz CT molecular complexity index is 922. The highest BCUT2D eigenvalue weighted by Gasteiger charge is 2.49. The van der Waals surface area contributed by atoms with Crippen LogP contribution in [0.2, 0.25) is 0 Å². The van der Waals surface area contributed by atoms with E-state index in [0.29, 0.717) is 5.92 Å². The first-order valence-corrected chi connectivity index (χ1v) is 12.0. The summed E-state index contributed by atoms with van der Waals surface area (Å²) in [4.78, 5) is 0. The van der Waals surface area contributed by atoms with Gasteiger partial charge in [0.05, 0.1) is 17.5 Å². The van der Waals surface area contributed by atoms with Crippen molar-refractivity contribution in [2.24, 2.45) is 5.92 Å². The Hall–Kier alpha value is -1.83. The van der Waals surface area contributed by atoms with Crippen LogP contribution < -0.4 is 4.57 Å². The van der Waals surface area contributed by atoms with Gasteiger partial charge in [-0.05, 0) is 63.2 Å². The molecule has 1 atom stereocenters. The lowest BCUT2D eigenvalue weighted by Crippen LogP contribution is -2.40. The topological polar surface area (TPSA) is 8.81 Å². The van der Waals surface area contributed by atoms with Crippen LogP contribution in [0.5, 0.6) is 0 Å². The summed E-state index contributed by atoms with van der Waals surface area (Å²) in [5, 5.41) is 0. The van der Waals surface area contributed by atoms with Crippen LogP contribution in [-0.2, 0) is 5.41 Å². The van der Waals surface area contributed by atoms with Crippen molar-refractivity contribution in [1.82, 2.24) is 4.57 Å². The van der Waals surface area contributed by atoms with E-state index in [0.717, 1.165) is 5.92 Å². The molecule has 2 heteroatoms. The first-order valence-electron chi connectivity index (χ1n) is 12.0. The fraction of sp³-hybridized carbons (Fsp3) is 0.593. The summed E-state index contributed by atoms with van der Waals surface area (Å²) in [5.41, 5.74) is 5.99. The molecule has 1 aliphatic heterocycles. The van der Waals surface area contributed by atoms with Gasteiger partial charge in [0.2, 0.25) is 0 Å². The highest BCUT2D eigenvalue weighted by molar-refractivity contribution is 5.47. The Balaban J connectivity index is 1.71. The Labute approximate surface area is 176 Å². The van der Waals surface area contributed by atoms with Crippen LogP contribution in [0.1, 0.15) is 99.8 Å². The van der Waals surface area contributed by atoms with Crippen molar-refractivity contribution < 1.29 is 4.57 Å². The zero-order valence-electron chi connectivity index (χ0n) is 18.6. The number of nitrogens with zero attached hydrogens (tertiary/aromatic N) is 2. The van der Waals surface area contributed by atoms with Crippen molar-refractivity contribution in [2.75, 3.05) is 0 Å². The molecule has 2 aromatic rings. The minimum atomic E-state index is 0.182. The highest BCUT2D eigenvalue weighted by Crippen LogP contribution is 2.46. The first-order chi connectivity index (χ1) is 14.1. The van der Waals surface area contributed by atoms with Gasteiger partial charge < -0.3 is 0 Å².